The zero-order valence-corrected chi connectivity index (χ0v) is 34.9. The molecule has 1 aromatic rings. The smallest absolute Gasteiger partial charge is 0.307 e. The predicted molar refractivity (Wildman–Crippen MR) is 221 cm³/mol. The molecule has 0 saturated heterocycles. The van der Waals surface area contributed by atoms with Crippen LogP contribution in [0.4, 0.5) is 0 Å². The molecule has 53 heavy (non-hydrogen) atoms. The number of unbranched alkanes of at least 4 members (excludes halogenated alkanes) is 16. The molecule has 8 heteroatoms. The fourth-order valence-corrected chi connectivity index (χ4v) is 10.9. The van der Waals surface area contributed by atoms with Crippen molar-refractivity contribution in [3.8, 4) is 0 Å². The lowest BCUT2D eigenvalue weighted by Crippen LogP contribution is -2.47. The zero-order chi connectivity index (χ0) is 37.2. The summed E-state index contributed by atoms with van der Waals surface area (Å²) in [5, 5.41) is 0. The van der Waals surface area contributed by atoms with Crippen LogP contribution in [0.5, 0.6) is 0 Å². The van der Waals surface area contributed by atoms with Crippen LogP contribution in [0, 0.1) is 23.2 Å². The maximum atomic E-state index is 12.7. The topological polar surface area (TPSA) is 73.7 Å². The molecule has 0 N–H and O–H groups in total. The molecular weight excluding hydrogens is 679 g/mol. The average Bonchev–Trinajstić information content (AvgIpc) is 3.65. The second kappa shape index (κ2) is 27.1. The Bertz CT molecular complexity index is 1050. The van der Waals surface area contributed by atoms with Crippen LogP contribution in [0.3, 0.4) is 0 Å². The van der Waals surface area contributed by atoms with Crippen LogP contribution < -0.4 is 0 Å². The summed E-state index contributed by atoms with van der Waals surface area (Å²) < 4.78 is 13.5. The molecule has 4 fully saturated rings. The fourth-order valence-electron chi connectivity index (χ4n) is 10.1. The van der Waals surface area contributed by atoms with Gasteiger partial charge in [-0.2, -0.15) is 11.8 Å². The SMILES string of the molecule is CCCCCCCCCCCCCCSCCOC(=O)CCN(CCCCCCCCOC(=O)CC12CC3CC(CC(C3)C1)C2)CCCn1ccnc1. The number of carbonyl (C=O) groups is 2. The standard InChI is InChI=1S/C45H79N3O4S/c1-2-3-4-5-6-7-8-9-10-13-16-19-30-53-31-29-52-43(49)21-26-47(24-20-25-48-27-22-46-39-48)23-17-14-11-12-15-18-28-51-44(50)38-45-35-40-32-41(36-45)34-42(33-40)37-45/h22,27,39-42H,2-21,23-26,28-38H2,1H3. The molecule has 0 aromatic carbocycles. The first-order chi connectivity index (χ1) is 26.0. The molecule has 0 unspecified atom stereocenters. The summed E-state index contributed by atoms with van der Waals surface area (Å²) in [5.74, 6) is 4.74. The first kappa shape index (κ1) is 44.2. The summed E-state index contributed by atoms with van der Waals surface area (Å²) in [6, 6.07) is 0. The quantitative estimate of drug-likeness (QED) is 0.0512. The van der Waals surface area contributed by atoms with Crippen LogP contribution in [-0.2, 0) is 25.6 Å². The largest absolute Gasteiger partial charge is 0.466 e. The van der Waals surface area contributed by atoms with E-state index in [4.69, 9.17) is 9.47 Å². The Kier molecular flexibility index (Phi) is 22.6. The van der Waals surface area contributed by atoms with Crippen LogP contribution in [0.1, 0.15) is 180 Å². The minimum absolute atomic E-state index is 0.0609. The van der Waals surface area contributed by atoms with Gasteiger partial charge in [0.05, 0.1) is 25.8 Å². The summed E-state index contributed by atoms with van der Waals surface area (Å²) in [5.41, 5.74) is 0.282. The van der Waals surface area contributed by atoms with E-state index >= 15 is 0 Å². The van der Waals surface area contributed by atoms with E-state index in [0.717, 1.165) is 75.4 Å². The van der Waals surface area contributed by atoms with Crippen molar-refractivity contribution in [3.63, 3.8) is 0 Å². The molecule has 304 valence electrons. The summed E-state index contributed by atoms with van der Waals surface area (Å²) in [6.45, 7) is 7.12. The van der Waals surface area contributed by atoms with Crippen molar-refractivity contribution in [1.29, 1.82) is 0 Å². The van der Waals surface area contributed by atoms with E-state index in [1.807, 2.05) is 30.5 Å². The van der Waals surface area contributed by atoms with Gasteiger partial charge in [0.2, 0.25) is 0 Å². The molecule has 0 atom stereocenters. The molecule has 4 saturated carbocycles. The number of carbonyl (C=O) groups excluding carboxylic acids is 2. The van der Waals surface area contributed by atoms with Gasteiger partial charge in [-0.1, -0.05) is 103 Å². The Morgan fingerprint density at radius 3 is 1.87 bits per heavy atom. The van der Waals surface area contributed by atoms with Crippen molar-refractivity contribution in [2.45, 2.75) is 187 Å². The van der Waals surface area contributed by atoms with E-state index in [1.54, 1.807) is 0 Å². The third kappa shape index (κ3) is 19.2. The first-order valence-corrected chi connectivity index (χ1v) is 23.8. The summed E-state index contributed by atoms with van der Waals surface area (Å²) in [7, 11) is 0. The fraction of sp³-hybridized carbons (Fsp3) is 0.889. The number of hydrogen-bond acceptors (Lipinski definition) is 7. The Morgan fingerprint density at radius 2 is 1.25 bits per heavy atom. The van der Waals surface area contributed by atoms with Gasteiger partial charge in [0.1, 0.15) is 6.61 Å². The third-order valence-corrected chi connectivity index (χ3v) is 13.6. The normalized spacial score (nSPS) is 21.8. The van der Waals surface area contributed by atoms with Crippen molar-refractivity contribution in [1.82, 2.24) is 14.5 Å². The lowest BCUT2D eigenvalue weighted by molar-refractivity contribution is -0.152. The van der Waals surface area contributed by atoms with E-state index < -0.39 is 0 Å². The molecule has 0 radical (unpaired) electrons. The molecule has 1 aromatic heterocycles. The Morgan fingerprint density at radius 1 is 0.679 bits per heavy atom. The van der Waals surface area contributed by atoms with Crippen LogP contribution in [0.25, 0.3) is 0 Å². The van der Waals surface area contributed by atoms with Gasteiger partial charge >= 0.3 is 11.9 Å². The highest BCUT2D eigenvalue weighted by Crippen LogP contribution is 2.61. The molecule has 0 amide bonds. The van der Waals surface area contributed by atoms with Gasteiger partial charge in [0.15, 0.2) is 0 Å². The number of ether oxygens (including phenoxy) is 2. The van der Waals surface area contributed by atoms with E-state index in [1.165, 1.54) is 141 Å². The van der Waals surface area contributed by atoms with Gasteiger partial charge in [-0.15, -0.1) is 0 Å². The number of thioether (sulfide) groups is 1. The number of esters is 2. The Labute approximate surface area is 329 Å². The number of nitrogens with zero attached hydrogens (tertiary/aromatic N) is 3. The molecular formula is C45H79N3O4S. The van der Waals surface area contributed by atoms with Crippen LogP contribution >= 0.6 is 11.8 Å². The van der Waals surface area contributed by atoms with Gasteiger partial charge in [-0.3, -0.25) is 9.59 Å². The van der Waals surface area contributed by atoms with Crippen molar-refractivity contribution < 1.29 is 19.1 Å². The molecule has 1 heterocycles. The third-order valence-electron chi connectivity index (χ3n) is 12.5. The number of hydrogen-bond donors (Lipinski definition) is 0. The van der Waals surface area contributed by atoms with Crippen LogP contribution in [0.2, 0.25) is 0 Å². The number of rotatable bonds is 34. The first-order valence-electron chi connectivity index (χ1n) is 22.6. The maximum absolute atomic E-state index is 12.7. The second-order valence-corrected chi connectivity index (χ2v) is 18.6. The van der Waals surface area contributed by atoms with E-state index in [-0.39, 0.29) is 17.4 Å². The average molecular weight is 758 g/mol. The van der Waals surface area contributed by atoms with E-state index in [9.17, 15) is 9.59 Å². The predicted octanol–water partition coefficient (Wildman–Crippen LogP) is 11.4. The van der Waals surface area contributed by atoms with Crippen LogP contribution in [-0.4, -0.2) is 70.7 Å². The number of aromatic nitrogens is 2. The highest BCUT2D eigenvalue weighted by atomic mass is 32.2. The number of imidazole rings is 1. The van der Waals surface area contributed by atoms with Crippen molar-refractivity contribution >= 4 is 23.7 Å². The molecule has 0 spiro atoms. The molecule has 4 aliphatic carbocycles. The Hall–Kier alpha value is -1.54. The maximum Gasteiger partial charge on any atom is 0.307 e. The lowest BCUT2D eigenvalue weighted by atomic mass is 9.49. The molecule has 4 bridgehead atoms. The van der Waals surface area contributed by atoms with Crippen molar-refractivity contribution in [3.05, 3.63) is 18.7 Å². The van der Waals surface area contributed by atoms with Crippen LogP contribution in [0.15, 0.2) is 18.7 Å². The Balaban J connectivity index is 0.954. The van der Waals surface area contributed by atoms with Gasteiger partial charge in [0.25, 0.3) is 0 Å². The van der Waals surface area contributed by atoms with Crippen molar-refractivity contribution in [2.24, 2.45) is 23.2 Å². The highest BCUT2D eigenvalue weighted by Gasteiger charge is 2.51. The highest BCUT2D eigenvalue weighted by molar-refractivity contribution is 7.99. The minimum Gasteiger partial charge on any atom is -0.466 e. The molecule has 0 aliphatic heterocycles. The molecule has 4 aliphatic rings. The van der Waals surface area contributed by atoms with Gasteiger partial charge in [-0.05, 0) is 106 Å². The van der Waals surface area contributed by atoms with Crippen molar-refractivity contribution in [2.75, 3.05) is 44.4 Å². The van der Waals surface area contributed by atoms with E-state index in [2.05, 4.69) is 21.4 Å². The number of aryl methyl sites for hydroxylation is 1. The molecule has 7 nitrogen and oxygen atoms in total. The van der Waals surface area contributed by atoms with Gasteiger partial charge in [-0.25, -0.2) is 4.98 Å². The summed E-state index contributed by atoms with van der Waals surface area (Å²) in [4.78, 5) is 31.9. The molecule has 5 rings (SSSR count). The van der Waals surface area contributed by atoms with Gasteiger partial charge in [0, 0.05) is 31.2 Å². The zero-order valence-electron chi connectivity index (χ0n) is 34.1. The summed E-state index contributed by atoms with van der Waals surface area (Å²) in [6.07, 6.45) is 39.5. The van der Waals surface area contributed by atoms with Gasteiger partial charge < -0.3 is 18.9 Å². The minimum atomic E-state index is -0.0609. The van der Waals surface area contributed by atoms with E-state index in [0.29, 0.717) is 26.1 Å². The lowest BCUT2D eigenvalue weighted by Gasteiger charge is -2.56. The second-order valence-electron chi connectivity index (χ2n) is 17.4. The summed E-state index contributed by atoms with van der Waals surface area (Å²) >= 11 is 1.93. The monoisotopic (exact) mass is 758 g/mol.